The first kappa shape index (κ1) is 25.2. The topological polar surface area (TPSA) is 104 Å². The van der Waals surface area contributed by atoms with Gasteiger partial charge in [0.25, 0.3) is 5.91 Å². The van der Waals surface area contributed by atoms with E-state index in [0.717, 1.165) is 11.3 Å². The molecule has 3 aliphatic rings. The Morgan fingerprint density at radius 3 is 2.79 bits per heavy atom. The van der Waals surface area contributed by atoms with E-state index >= 15 is 4.39 Å². The van der Waals surface area contributed by atoms with Crippen molar-refractivity contribution in [3.8, 4) is 22.8 Å². The number of fused-ring (bicyclic) bond motifs is 3. The molecule has 202 valence electrons. The maximum atomic E-state index is 15.0. The fourth-order valence-corrected chi connectivity index (χ4v) is 5.94. The second kappa shape index (κ2) is 9.26. The number of aryl methyl sites for hydroxylation is 1. The number of pyridine rings is 1. The normalized spacial score (nSPS) is 20.2. The zero-order chi connectivity index (χ0) is 27.6. The zero-order valence-corrected chi connectivity index (χ0v) is 22.2. The summed E-state index contributed by atoms with van der Waals surface area (Å²) in [6.45, 7) is 6.88. The molecule has 0 aliphatic carbocycles. The average molecular weight is 553 g/mol. The molecule has 2 aromatic heterocycles. The number of halogens is 2. The first-order valence-corrected chi connectivity index (χ1v) is 12.9. The molecule has 1 aromatic carbocycles. The average Bonchev–Trinajstić information content (AvgIpc) is 3.38. The van der Waals surface area contributed by atoms with Crippen molar-refractivity contribution < 1.29 is 23.8 Å². The van der Waals surface area contributed by atoms with Crippen molar-refractivity contribution in [1.29, 1.82) is 0 Å². The van der Waals surface area contributed by atoms with Gasteiger partial charge < -0.3 is 24.5 Å². The Labute approximate surface area is 228 Å². The number of anilines is 1. The lowest BCUT2D eigenvalue weighted by Gasteiger charge is -2.39. The van der Waals surface area contributed by atoms with Crippen molar-refractivity contribution in [2.45, 2.75) is 25.6 Å². The van der Waals surface area contributed by atoms with Crippen LogP contribution in [-0.2, 0) is 18.4 Å². The first-order chi connectivity index (χ1) is 18.7. The lowest BCUT2D eigenvalue weighted by atomic mass is 10.0. The zero-order valence-electron chi connectivity index (χ0n) is 21.4. The predicted molar refractivity (Wildman–Crippen MR) is 141 cm³/mol. The molecule has 5 heterocycles. The van der Waals surface area contributed by atoms with E-state index in [4.69, 9.17) is 21.3 Å². The predicted octanol–water partition coefficient (Wildman–Crippen LogP) is 3.29. The summed E-state index contributed by atoms with van der Waals surface area (Å²) in [5.74, 6) is -1.30. The Morgan fingerprint density at radius 1 is 1.28 bits per heavy atom. The monoisotopic (exact) mass is 552 g/mol. The van der Waals surface area contributed by atoms with Crippen LogP contribution in [0, 0.1) is 5.82 Å². The fourth-order valence-electron chi connectivity index (χ4n) is 5.65. The summed E-state index contributed by atoms with van der Waals surface area (Å²) < 4.78 is 23.0. The lowest BCUT2D eigenvalue weighted by Crippen LogP contribution is -2.57. The third kappa shape index (κ3) is 3.91. The quantitative estimate of drug-likeness (QED) is 0.497. The summed E-state index contributed by atoms with van der Waals surface area (Å²) >= 11 is 6.80. The number of benzene rings is 1. The van der Waals surface area contributed by atoms with Crippen molar-refractivity contribution in [2.75, 3.05) is 31.1 Å². The number of hydrogen-bond acceptors (Lipinski definition) is 7. The van der Waals surface area contributed by atoms with Gasteiger partial charge >= 0.3 is 0 Å². The minimum atomic E-state index is -0.716. The van der Waals surface area contributed by atoms with E-state index in [-0.39, 0.29) is 76.7 Å². The molecule has 2 atom stereocenters. The number of nitrogens with zero attached hydrogens (tertiary/aromatic N) is 6. The first-order valence-electron chi connectivity index (χ1n) is 12.5. The summed E-state index contributed by atoms with van der Waals surface area (Å²) in [7, 11) is 1.84. The molecule has 0 saturated carbocycles. The maximum absolute atomic E-state index is 15.0. The third-order valence-corrected chi connectivity index (χ3v) is 7.93. The molecule has 1 saturated heterocycles. The van der Waals surface area contributed by atoms with Crippen LogP contribution in [0.25, 0.3) is 11.3 Å². The number of phenolic OH excluding ortho intramolecular Hbond substituents is 1. The number of carbonyl (C=O) groups is 2. The SMILES string of the molecule is C=CC(=O)N1CCN2C(=O)c3c(N4Cc5cn(C)nc5C4C)nc(-c4c(O)cccc4F)c(Cl)c3OC[C@H]2C1. The van der Waals surface area contributed by atoms with E-state index in [1.54, 1.807) is 14.5 Å². The molecule has 0 radical (unpaired) electrons. The Bertz CT molecular complexity index is 1520. The second-order valence-electron chi connectivity index (χ2n) is 9.90. The highest BCUT2D eigenvalue weighted by molar-refractivity contribution is 6.35. The summed E-state index contributed by atoms with van der Waals surface area (Å²) in [6.07, 6.45) is 3.16. The third-order valence-electron chi connectivity index (χ3n) is 7.58. The van der Waals surface area contributed by atoms with Crippen molar-refractivity contribution in [1.82, 2.24) is 24.6 Å². The Hall–Kier alpha value is -4.12. The molecule has 1 N–H and O–H groups in total. The van der Waals surface area contributed by atoms with Crippen molar-refractivity contribution in [3.05, 3.63) is 64.7 Å². The highest BCUT2D eigenvalue weighted by atomic mass is 35.5. The van der Waals surface area contributed by atoms with E-state index in [0.29, 0.717) is 13.1 Å². The Morgan fingerprint density at radius 2 is 2.08 bits per heavy atom. The molecule has 0 spiro atoms. The van der Waals surface area contributed by atoms with Crippen molar-refractivity contribution >= 4 is 29.2 Å². The number of ether oxygens (including phenoxy) is 1. The van der Waals surface area contributed by atoms with Gasteiger partial charge in [-0.25, -0.2) is 9.37 Å². The Balaban J connectivity index is 1.52. The molecule has 3 aliphatic heterocycles. The van der Waals surface area contributed by atoms with E-state index in [1.165, 1.54) is 24.3 Å². The number of hydrogen-bond donors (Lipinski definition) is 1. The number of carbonyl (C=O) groups excluding carboxylic acids is 2. The Kier molecular flexibility index (Phi) is 5.98. The van der Waals surface area contributed by atoms with Crippen molar-refractivity contribution in [3.63, 3.8) is 0 Å². The van der Waals surface area contributed by atoms with Crippen LogP contribution in [0.5, 0.6) is 11.5 Å². The number of amides is 2. The van der Waals surface area contributed by atoms with Crippen LogP contribution >= 0.6 is 11.6 Å². The van der Waals surface area contributed by atoms with Crippen LogP contribution < -0.4 is 9.64 Å². The van der Waals surface area contributed by atoms with Gasteiger partial charge in [-0.3, -0.25) is 14.3 Å². The highest BCUT2D eigenvalue weighted by Gasteiger charge is 2.43. The van der Waals surface area contributed by atoms with Crippen LogP contribution in [0.2, 0.25) is 5.02 Å². The molecule has 3 aromatic rings. The molecule has 0 bridgehead atoms. The van der Waals surface area contributed by atoms with Gasteiger partial charge in [-0.2, -0.15) is 5.10 Å². The number of phenols is 1. The molecule has 39 heavy (non-hydrogen) atoms. The van der Waals surface area contributed by atoms with Crippen LogP contribution in [-0.4, -0.2) is 73.8 Å². The number of aromatic nitrogens is 3. The largest absolute Gasteiger partial charge is 0.507 e. The van der Waals surface area contributed by atoms with Gasteiger partial charge in [0.1, 0.15) is 40.3 Å². The minimum absolute atomic E-state index is 0.0329. The minimum Gasteiger partial charge on any atom is -0.507 e. The molecule has 12 heteroatoms. The molecular weight excluding hydrogens is 527 g/mol. The van der Waals surface area contributed by atoms with E-state index in [2.05, 4.69) is 11.7 Å². The number of aromatic hydroxyl groups is 1. The van der Waals surface area contributed by atoms with Crippen LogP contribution in [0.15, 0.2) is 37.1 Å². The van der Waals surface area contributed by atoms with Gasteiger partial charge in [0.05, 0.1) is 23.3 Å². The van der Waals surface area contributed by atoms with Gasteiger partial charge in [-0.05, 0) is 25.1 Å². The van der Waals surface area contributed by atoms with Crippen LogP contribution in [0.3, 0.4) is 0 Å². The summed E-state index contributed by atoms with van der Waals surface area (Å²) in [5, 5.41) is 15.1. The molecule has 1 unspecified atom stereocenters. The van der Waals surface area contributed by atoms with Gasteiger partial charge in [0.2, 0.25) is 5.91 Å². The highest BCUT2D eigenvalue weighted by Crippen LogP contribution is 2.48. The smallest absolute Gasteiger partial charge is 0.261 e. The maximum Gasteiger partial charge on any atom is 0.261 e. The van der Waals surface area contributed by atoms with Crippen LogP contribution in [0.1, 0.15) is 34.6 Å². The summed E-state index contributed by atoms with van der Waals surface area (Å²) in [4.78, 5) is 36.4. The van der Waals surface area contributed by atoms with E-state index in [9.17, 15) is 14.7 Å². The standard InChI is InChI=1S/C27H26ClFN6O4/c1-4-19(37)33-8-9-34-16(12-33)13-39-25-21(27(34)38)26(35-11-15-10-32(3)31-23(15)14(35)2)30-24(22(25)28)20-17(29)6-5-7-18(20)36/h4-7,10,14,16,36H,1,8-9,11-13H2,2-3H3/t14?,16-/m1/s1. The number of piperazine rings is 1. The molecular formula is C27H26ClFN6O4. The van der Waals surface area contributed by atoms with Gasteiger partial charge in [0, 0.05) is 45.0 Å². The summed E-state index contributed by atoms with van der Waals surface area (Å²) in [5.41, 5.74) is 1.76. The number of rotatable bonds is 3. The van der Waals surface area contributed by atoms with E-state index in [1.807, 2.05) is 25.1 Å². The van der Waals surface area contributed by atoms with Gasteiger partial charge in [-0.1, -0.05) is 24.2 Å². The molecule has 1 fully saturated rings. The summed E-state index contributed by atoms with van der Waals surface area (Å²) in [6, 6.07) is 3.24. The van der Waals surface area contributed by atoms with Gasteiger partial charge in [-0.15, -0.1) is 0 Å². The lowest BCUT2D eigenvalue weighted by molar-refractivity contribution is -0.128. The molecule has 2 amide bonds. The van der Waals surface area contributed by atoms with Crippen LogP contribution in [0.4, 0.5) is 10.2 Å². The fraction of sp³-hybridized carbons (Fsp3) is 0.333. The molecule has 10 nitrogen and oxygen atoms in total. The van der Waals surface area contributed by atoms with Crippen molar-refractivity contribution in [2.24, 2.45) is 7.05 Å². The second-order valence-corrected chi connectivity index (χ2v) is 10.3. The molecule has 6 rings (SSSR count). The van der Waals surface area contributed by atoms with Gasteiger partial charge in [0.15, 0.2) is 5.75 Å². The van der Waals surface area contributed by atoms with E-state index < -0.39 is 11.9 Å².